The van der Waals surface area contributed by atoms with Crippen molar-refractivity contribution in [1.82, 2.24) is 0 Å². The molecule has 0 atom stereocenters. The second-order valence-electron chi connectivity index (χ2n) is 7.89. The molecule has 0 unspecified atom stereocenters. The summed E-state index contributed by atoms with van der Waals surface area (Å²) in [5.74, 6) is -0.365. The van der Waals surface area contributed by atoms with Crippen LogP contribution in [0, 0.1) is 6.92 Å². The van der Waals surface area contributed by atoms with E-state index in [1.54, 1.807) is 30.3 Å². The van der Waals surface area contributed by atoms with Crippen LogP contribution in [0.3, 0.4) is 0 Å². The van der Waals surface area contributed by atoms with Crippen LogP contribution in [0.5, 0.6) is 5.75 Å². The maximum Gasteiger partial charge on any atom is 0.282 e. The summed E-state index contributed by atoms with van der Waals surface area (Å²) in [6.45, 7) is 1.82. The molecule has 2 amide bonds. The summed E-state index contributed by atoms with van der Waals surface area (Å²) < 4.78 is 5.50. The van der Waals surface area contributed by atoms with Crippen LogP contribution in [0.2, 0.25) is 5.02 Å². The number of halogens is 1. The molecule has 33 heavy (non-hydrogen) atoms. The molecule has 0 fully saturated rings. The number of carbonyl (C=O) groups is 2. The fourth-order valence-electron chi connectivity index (χ4n) is 3.82. The second kappa shape index (κ2) is 9.00. The van der Waals surface area contributed by atoms with E-state index in [1.165, 1.54) is 12.0 Å². The molecule has 3 aromatic carbocycles. The average molecular weight is 462 g/mol. The Labute approximate surface area is 198 Å². The number of nitrogens with zero attached hydrogens (tertiary/aromatic N) is 2. The number of hydrogen-bond donors (Lipinski definition) is 1. The van der Waals surface area contributed by atoms with Crippen molar-refractivity contribution >= 4 is 46.1 Å². The average Bonchev–Trinajstić information content (AvgIpc) is 3.03. The summed E-state index contributed by atoms with van der Waals surface area (Å²) in [6, 6.07) is 19.9. The summed E-state index contributed by atoms with van der Waals surface area (Å²) in [4.78, 5) is 30.5. The largest absolute Gasteiger partial charge is 0.496 e. The first-order chi connectivity index (χ1) is 15.8. The zero-order valence-corrected chi connectivity index (χ0v) is 19.6. The lowest BCUT2D eigenvalue weighted by molar-refractivity contribution is -0.120. The molecular weight excluding hydrogens is 438 g/mol. The Morgan fingerprint density at radius 1 is 0.939 bits per heavy atom. The Bertz CT molecular complexity index is 1270. The lowest BCUT2D eigenvalue weighted by Crippen LogP contribution is -2.33. The highest BCUT2D eigenvalue weighted by atomic mass is 35.5. The third-order valence-electron chi connectivity index (χ3n) is 5.51. The predicted octanol–water partition coefficient (Wildman–Crippen LogP) is 5.12. The number of para-hydroxylation sites is 1. The minimum absolute atomic E-state index is 0.191. The highest BCUT2D eigenvalue weighted by molar-refractivity contribution is 6.46. The number of imide groups is 1. The van der Waals surface area contributed by atoms with Crippen molar-refractivity contribution in [1.29, 1.82) is 0 Å². The third kappa shape index (κ3) is 4.17. The zero-order chi connectivity index (χ0) is 23.7. The van der Waals surface area contributed by atoms with E-state index in [0.717, 1.165) is 11.3 Å². The SMILES string of the molecule is COc1ccccc1C1=C(Nc2ccc(N(C)C)cc2)C(=O)N(c2ccc(Cl)cc2C)C1=O. The molecule has 0 bridgehead atoms. The Hall–Kier alpha value is -3.77. The fourth-order valence-corrected chi connectivity index (χ4v) is 4.05. The van der Waals surface area contributed by atoms with Gasteiger partial charge in [-0.3, -0.25) is 9.59 Å². The minimum Gasteiger partial charge on any atom is -0.496 e. The molecule has 1 aliphatic heterocycles. The summed E-state index contributed by atoms with van der Waals surface area (Å²) >= 11 is 6.10. The number of amides is 2. The highest BCUT2D eigenvalue weighted by Gasteiger charge is 2.41. The van der Waals surface area contributed by atoms with Crippen LogP contribution in [-0.2, 0) is 9.59 Å². The van der Waals surface area contributed by atoms with E-state index in [2.05, 4.69) is 5.32 Å². The predicted molar refractivity (Wildman–Crippen MR) is 133 cm³/mol. The molecule has 0 spiro atoms. The van der Waals surface area contributed by atoms with Crippen molar-refractivity contribution in [3.05, 3.63) is 88.6 Å². The number of nitrogens with one attached hydrogen (secondary N) is 1. The van der Waals surface area contributed by atoms with Gasteiger partial charge in [-0.2, -0.15) is 0 Å². The van der Waals surface area contributed by atoms with Gasteiger partial charge >= 0.3 is 0 Å². The van der Waals surface area contributed by atoms with E-state index in [4.69, 9.17) is 16.3 Å². The number of rotatable bonds is 6. The van der Waals surface area contributed by atoms with Gasteiger partial charge in [-0.25, -0.2) is 4.90 Å². The second-order valence-corrected chi connectivity index (χ2v) is 8.33. The van der Waals surface area contributed by atoms with Gasteiger partial charge in [0.15, 0.2) is 0 Å². The zero-order valence-electron chi connectivity index (χ0n) is 18.8. The molecule has 1 N–H and O–H groups in total. The summed E-state index contributed by atoms with van der Waals surface area (Å²) in [5.41, 5.74) is 3.91. The van der Waals surface area contributed by atoms with Crippen molar-refractivity contribution in [2.45, 2.75) is 6.92 Å². The smallest absolute Gasteiger partial charge is 0.282 e. The molecule has 7 heteroatoms. The van der Waals surface area contributed by atoms with E-state index in [-0.39, 0.29) is 11.3 Å². The van der Waals surface area contributed by atoms with Crippen LogP contribution in [0.15, 0.2) is 72.4 Å². The van der Waals surface area contributed by atoms with E-state index >= 15 is 0 Å². The Balaban J connectivity index is 1.84. The van der Waals surface area contributed by atoms with Crippen molar-refractivity contribution in [2.75, 3.05) is 36.3 Å². The van der Waals surface area contributed by atoms with Crippen LogP contribution >= 0.6 is 11.6 Å². The normalized spacial score (nSPS) is 13.5. The van der Waals surface area contributed by atoms with Crippen molar-refractivity contribution in [2.24, 2.45) is 0 Å². The summed E-state index contributed by atoms with van der Waals surface area (Å²) in [5, 5.41) is 3.72. The van der Waals surface area contributed by atoms with Gasteiger partial charge in [0, 0.05) is 36.1 Å². The van der Waals surface area contributed by atoms with Gasteiger partial charge in [0.1, 0.15) is 11.4 Å². The molecule has 3 aromatic rings. The molecule has 0 aliphatic carbocycles. The van der Waals surface area contributed by atoms with Crippen LogP contribution < -0.4 is 19.9 Å². The molecule has 4 rings (SSSR count). The number of aryl methyl sites for hydroxylation is 1. The molecule has 0 saturated heterocycles. The molecule has 0 radical (unpaired) electrons. The maximum atomic E-state index is 13.7. The summed E-state index contributed by atoms with van der Waals surface area (Å²) in [6.07, 6.45) is 0. The van der Waals surface area contributed by atoms with E-state index in [1.807, 2.05) is 62.3 Å². The first-order valence-corrected chi connectivity index (χ1v) is 10.8. The lowest BCUT2D eigenvalue weighted by atomic mass is 10.0. The van der Waals surface area contributed by atoms with E-state index in [9.17, 15) is 9.59 Å². The van der Waals surface area contributed by atoms with Gasteiger partial charge in [-0.15, -0.1) is 0 Å². The van der Waals surface area contributed by atoms with Crippen LogP contribution in [0.25, 0.3) is 5.57 Å². The Morgan fingerprint density at radius 3 is 2.27 bits per heavy atom. The van der Waals surface area contributed by atoms with Gasteiger partial charge in [0.2, 0.25) is 0 Å². The number of hydrogen-bond acceptors (Lipinski definition) is 5. The number of anilines is 3. The molecule has 168 valence electrons. The van der Waals surface area contributed by atoms with Crippen molar-refractivity contribution < 1.29 is 14.3 Å². The molecule has 1 aliphatic rings. The summed E-state index contributed by atoms with van der Waals surface area (Å²) in [7, 11) is 5.45. The molecule has 1 heterocycles. The molecular formula is C26H24ClN3O3. The topological polar surface area (TPSA) is 61.9 Å². The quantitative estimate of drug-likeness (QED) is 0.516. The number of methoxy groups -OCH3 is 1. The first-order valence-electron chi connectivity index (χ1n) is 10.4. The molecule has 0 aromatic heterocycles. The van der Waals surface area contributed by atoms with Gasteiger partial charge in [-0.05, 0) is 61.0 Å². The van der Waals surface area contributed by atoms with Gasteiger partial charge in [0.25, 0.3) is 11.8 Å². The number of benzene rings is 3. The minimum atomic E-state index is -0.442. The monoisotopic (exact) mass is 461 g/mol. The number of ether oxygens (including phenoxy) is 1. The fraction of sp³-hybridized carbons (Fsp3) is 0.154. The standard InChI is InChI=1S/C26H24ClN3O3/c1-16-15-17(27)9-14-21(16)30-25(31)23(20-7-5-6-8-22(20)33-4)24(26(30)32)28-18-10-12-19(13-11-18)29(2)3/h5-15,28H,1-4H3. The van der Waals surface area contributed by atoms with Crippen LogP contribution in [0.4, 0.5) is 17.1 Å². The van der Waals surface area contributed by atoms with Crippen molar-refractivity contribution in [3.8, 4) is 5.75 Å². The highest BCUT2D eigenvalue weighted by Crippen LogP contribution is 2.38. The Kier molecular flexibility index (Phi) is 6.11. The van der Waals surface area contributed by atoms with Crippen molar-refractivity contribution in [3.63, 3.8) is 0 Å². The van der Waals surface area contributed by atoms with Gasteiger partial charge < -0.3 is 15.0 Å². The Morgan fingerprint density at radius 2 is 1.64 bits per heavy atom. The molecule has 6 nitrogen and oxygen atoms in total. The van der Waals surface area contributed by atoms with Crippen LogP contribution in [-0.4, -0.2) is 33.0 Å². The number of carbonyl (C=O) groups excluding carboxylic acids is 2. The third-order valence-corrected chi connectivity index (χ3v) is 5.75. The van der Waals surface area contributed by atoms with Crippen LogP contribution in [0.1, 0.15) is 11.1 Å². The van der Waals surface area contributed by atoms with E-state index in [0.29, 0.717) is 27.7 Å². The van der Waals surface area contributed by atoms with Gasteiger partial charge in [0.05, 0.1) is 18.4 Å². The van der Waals surface area contributed by atoms with Gasteiger partial charge in [-0.1, -0.05) is 29.8 Å². The first kappa shape index (κ1) is 22.4. The van der Waals surface area contributed by atoms with E-state index < -0.39 is 11.8 Å². The lowest BCUT2D eigenvalue weighted by Gasteiger charge is -2.18. The molecule has 0 saturated carbocycles. The maximum absolute atomic E-state index is 13.7.